The smallest absolute Gasteiger partial charge is 0.165 e. The fourth-order valence-electron chi connectivity index (χ4n) is 1.53. The summed E-state index contributed by atoms with van der Waals surface area (Å²) in [6, 6.07) is 7.34. The predicted octanol–water partition coefficient (Wildman–Crippen LogP) is 3.72. The minimum absolute atomic E-state index is 0.587. The number of rotatable bonds is 4. The molecule has 0 atom stereocenters. The molecule has 0 fully saturated rings. The Kier molecular flexibility index (Phi) is 4.00. The highest BCUT2D eigenvalue weighted by atomic mass is 79.9. The van der Waals surface area contributed by atoms with E-state index in [4.69, 9.17) is 10.00 Å². The molecular weight excluding hydrogens is 294 g/mol. The summed E-state index contributed by atoms with van der Waals surface area (Å²) in [7, 11) is 0. The van der Waals surface area contributed by atoms with Crippen LogP contribution in [0, 0.1) is 11.3 Å². The molecule has 0 spiro atoms. The average Bonchev–Trinajstić information content (AvgIpc) is 2.77. The van der Waals surface area contributed by atoms with Crippen LogP contribution in [0.15, 0.2) is 35.1 Å². The Labute approximate surface area is 114 Å². The van der Waals surface area contributed by atoms with Crippen LogP contribution in [0.1, 0.15) is 18.9 Å². The molecule has 18 heavy (non-hydrogen) atoms. The fraction of sp³-hybridized carbons (Fsp3) is 0.231. The monoisotopic (exact) mass is 305 g/mol. The van der Waals surface area contributed by atoms with Gasteiger partial charge in [-0.3, -0.25) is 4.68 Å². The van der Waals surface area contributed by atoms with Crippen LogP contribution >= 0.6 is 15.9 Å². The zero-order valence-electron chi connectivity index (χ0n) is 9.93. The lowest BCUT2D eigenvalue weighted by Gasteiger charge is -2.03. The lowest BCUT2D eigenvalue weighted by atomic mass is 10.2. The first-order valence-electron chi connectivity index (χ1n) is 5.63. The molecule has 0 unspecified atom stereocenters. The molecule has 5 heteroatoms. The van der Waals surface area contributed by atoms with Gasteiger partial charge in [-0.2, -0.15) is 10.4 Å². The van der Waals surface area contributed by atoms with E-state index in [0.29, 0.717) is 17.1 Å². The molecule has 4 nitrogen and oxygen atoms in total. The van der Waals surface area contributed by atoms with E-state index in [1.165, 1.54) is 0 Å². The maximum atomic E-state index is 8.83. The normalized spacial score (nSPS) is 10.1. The van der Waals surface area contributed by atoms with Gasteiger partial charge in [0.05, 0.1) is 18.0 Å². The van der Waals surface area contributed by atoms with Gasteiger partial charge in [0.15, 0.2) is 5.75 Å². The van der Waals surface area contributed by atoms with Gasteiger partial charge in [0.2, 0.25) is 0 Å². The van der Waals surface area contributed by atoms with Crippen molar-refractivity contribution in [1.82, 2.24) is 9.78 Å². The van der Waals surface area contributed by atoms with E-state index in [1.54, 1.807) is 24.4 Å². The van der Waals surface area contributed by atoms with Gasteiger partial charge in [-0.25, -0.2) is 0 Å². The highest BCUT2D eigenvalue weighted by Gasteiger charge is 2.04. The van der Waals surface area contributed by atoms with Crippen molar-refractivity contribution < 1.29 is 4.74 Å². The first-order valence-corrected chi connectivity index (χ1v) is 6.42. The van der Waals surface area contributed by atoms with Crippen molar-refractivity contribution in [3.63, 3.8) is 0 Å². The molecule has 0 saturated heterocycles. The van der Waals surface area contributed by atoms with Crippen LogP contribution < -0.4 is 4.74 Å². The minimum atomic E-state index is 0.587. The van der Waals surface area contributed by atoms with Crippen molar-refractivity contribution in [3.05, 3.63) is 40.6 Å². The van der Waals surface area contributed by atoms with Crippen LogP contribution in [0.3, 0.4) is 0 Å². The second-order valence-electron chi connectivity index (χ2n) is 3.79. The van der Waals surface area contributed by atoms with Crippen LogP contribution in [0.5, 0.6) is 11.5 Å². The number of aryl methyl sites for hydroxylation is 1. The Bertz CT molecular complexity index is 586. The third-order valence-corrected chi connectivity index (χ3v) is 3.02. The maximum Gasteiger partial charge on any atom is 0.165 e. The van der Waals surface area contributed by atoms with Crippen LogP contribution in [-0.4, -0.2) is 9.78 Å². The molecule has 0 aliphatic rings. The molecule has 0 amide bonds. The van der Waals surface area contributed by atoms with E-state index in [-0.39, 0.29) is 0 Å². The van der Waals surface area contributed by atoms with Gasteiger partial charge in [0.25, 0.3) is 0 Å². The molecule has 0 N–H and O–H groups in total. The van der Waals surface area contributed by atoms with E-state index in [9.17, 15) is 0 Å². The maximum absolute atomic E-state index is 8.83. The van der Waals surface area contributed by atoms with Gasteiger partial charge in [-0.15, -0.1) is 0 Å². The molecular formula is C13H12BrN3O. The van der Waals surface area contributed by atoms with Crippen LogP contribution in [0.4, 0.5) is 0 Å². The second kappa shape index (κ2) is 5.69. The highest BCUT2D eigenvalue weighted by molar-refractivity contribution is 9.10. The number of nitrogens with zero attached hydrogens (tertiary/aromatic N) is 3. The van der Waals surface area contributed by atoms with Gasteiger partial charge in [0.1, 0.15) is 11.8 Å². The van der Waals surface area contributed by atoms with Gasteiger partial charge in [0, 0.05) is 11.0 Å². The predicted molar refractivity (Wildman–Crippen MR) is 71.4 cm³/mol. The number of aromatic nitrogens is 2. The number of nitriles is 1. The largest absolute Gasteiger partial charge is 0.454 e. The zero-order chi connectivity index (χ0) is 13.0. The quantitative estimate of drug-likeness (QED) is 0.865. The first-order chi connectivity index (χ1) is 8.72. The van der Waals surface area contributed by atoms with E-state index < -0.39 is 0 Å². The number of hydrogen-bond donors (Lipinski definition) is 0. The molecule has 1 aromatic carbocycles. The number of benzene rings is 1. The van der Waals surface area contributed by atoms with Crippen LogP contribution in [0.2, 0.25) is 0 Å². The number of hydrogen-bond acceptors (Lipinski definition) is 3. The third-order valence-electron chi connectivity index (χ3n) is 2.36. The van der Waals surface area contributed by atoms with Gasteiger partial charge in [-0.05, 0) is 40.5 Å². The first kappa shape index (κ1) is 12.7. The SMILES string of the molecule is CCCn1cc(Oc2ccc(C#N)c(Br)c2)cn1. The molecule has 2 rings (SSSR count). The summed E-state index contributed by atoms with van der Waals surface area (Å²) >= 11 is 3.33. The van der Waals surface area contributed by atoms with E-state index in [0.717, 1.165) is 17.4 Å². The molecule has 1 heterocycles. The van der Waals surface area contributed by atoms with E-state index in [1.807, 2.05) is 10.9 Å². The highest BCUT2D eigenvalue weighted by Crippen LogP contribution is 2.26. The molecule has 0 radical (unpaired) electrons. The Balaban J connectivity index is 2.13. The number of ether oxygens (including phenoxy) is 1. The summed E-state index contributed by atoms with van der Waals surface area (Å²) in [5.74, 6) is 1.37. The average molecular weight is 306 g/mol. The summed E-state index contributed by atoms with van der Waals surface area (Å²) in [5, 5.41) is 13.0. The van der Waals surface area contributed by atoms with Crippen LogP contribution in [0.25, 0.3) is 0 Å². The van der Waals surface area contributed by atoms with Crippen molar-refractivity contribution in [1.29, 1.82) is 5.26 Å². The lowest BCUT2D eigenvalue weighted by Crippen LogP contribution is -1.95. The molecule has 0 aliphatic heterocycles. The summed E-state index contributed by atoms with van der Waals surface area (Å²) in [6.45, 7) is 2.97. The molecule has 2 aromatic rings. The van der Waals surface area contributed by atoms with E-state index in [2.05, 4.69) is 34.0 Å². The van der Waals surface area contributed by atoms with Gasteiger partial charge < -0.3 is 4.74 Å². The minimum Gasteiger partial charge on any atom is -0.454 e. The number of halogens is 1. The summed E-state index contributed by atoms with van der Waals surface area (Å²) in [5.41, 5.74) is 0.587. The fourth-order valence-corrected chi connectivity index (χ4v) is 1.98. The van der Waals surface area contributed by atoms with Crippen molar-refractivity contribution in [2.75, 3.05) is 0 Å². The van der Waals surface area contributed by atoms with Crippen LogP contribution in [-0.2, 0) is 6.54 Å². The van der Waals surface area contributed by atoms with Crippen molar-refractivity contribution in [2.45, 2.75) is 19.9 Å². The molecule has 0 saturated carbocycles. The zero-order valence-corrected chi connectivity index (χ0v) is 11.5. The van der Waals surface area contributed by atoms with Gasteiger partial charge in [-0.1, -0.05) is 6.92 Å². The van der Waals surface area contributed by atoms with E-state index >= 15 is 0 Å². The Morgan fingerprint density at radius 1 is 1.44 bits per heavy atom. The van der Waals surface area contributed by atoms with Crippen molar-refractivity contribution >= 4 is 15.9 Å². The Hall–Kier alpha value is -1.80. The summed E-state index contributed by atoms with van der Waals surface area (Å²) in [4.78, 5) is 0. The molecule has 0 bridgehead atoms. The molecule has 0 aliphatic carbocycles. The molecule has 1 aromatic heterocycles. The van der Waals surface area contributed by atoms with Crippen molar-refractivity contribution in [2.24, 2.45) is 0 Å². The molecule has 92 valence electrons. The third kappa shape index (κ3) is 2.90. The Morgan fingerprint density at radius 2 is 2.28 bits per heavy atom. The van der Waals surface area contributed by atoms with Crippen molar-refractivity contribution in [3.8, 4) is 17.6 Å². The Morgan fingerprint density at radius 3 is 2.94 bits per heavy atom. The van der Waals surface area contributed by atoms with Gasteiger partial charge >= 0.3 is 0 Å². The topological polar surface area (TPSA) is 50.8 Å². The standard InChI is InChI=1S/C13H12BrN3O/c1-2-5-17-9-12(8-16-17)18-11-4-3-10(7-15)13(14)6-11/h3-4,6,8-9H,2,5H2,1H3. The summed E-state index contributed by atoms with van der Waals surface area (Å²) < 4.78 is 8.23. The second-order valence-corrected chi connectivity index (χ2v) is 4.65. The summed E-state index contributed by atoms with van der Waals surface area (Å²) in [6.07, 6.45) is 4.57. The lowest BCUT2D eigenvalue weighted by molar-refractivity contribution is 0.480.